The summed E-state index contributed by atoms with van der Waals surface area (Å²) >= 11 is 0. The molecule has 0 aromatic rings. The van der Waals surface area contributed by atoms with Crippen molar-refractivity contribution in [2.45, 2.75) is 40.0 Å². The minimum absolute atomic E-state index is 0.316. The molecule has 0 aromatic heterocycles. The molecule has 0 aliphatic heterocycles. The normalized spacial score (nSPS) is 11.7. The van der Waals surface area contributed by atoms with E-state index in [-0.39, 0.29) is 0 Å². The molecule has 0 fully saturated rings. The van der Waals surface area contributed by atoms with Crippen molar-refractivity contribution in [2.75, 3.05) is 13.2 Å². The number of rotatable bonds is 5. The second kappa shape index (κ2) is 12.6. The molecule has 1 unspecified atom stereocenters. The van der Waals surface area contributed by atoms with E-state index in [4.69, 9.17) is 10.8 Å². The van der Waals surface area contributed by atoms with E-state index in [0.29, 0.717) is 12.5 Å². The van der Waals surface area contributed by atoms with Crippen LogP contribution in [0.25, 0.3) is 0 Å². The van der Waals surface area contributed by atoms with Gasteiger partial charge in [-0.25, -0.2) is 0 Å². The van der Waals surface area contributed by atoms with Crippen LogP contribution in [0, 0.1) is 5.92 Å². The van der Waals surface area contributed by atoms with Gasteiger partial charge in [-0.3, -0.25) is 0 Å². The van der Waals surface area contributed by atoms with E-state index in [0.717, 1.165) is 25.8 Å². The van der Waals surface area contributed by atoms with Gasteiger partial charge in [0.25, 0.3) is 0 Å². The van der Waals surface area contributed by atoms with Crippen LogP contribution >= 0.6 is 0 Å². The van der Waals surface area contributed by atoms with E-state index < -0.39 is 0 Å². The Morgan fingerprint density at radius 3 is 2.18 bits per heavy atom. The van der Waals surface area contributed by atoms with E-state index in [1.165, 1.54) is 0 Å². The molecule has 0 rings (SSSR count). The summed E-state index contributed by atoms with van der Waals surface area (Å²) in [6, 6.07) is 0. The summed E-state index contributed by atoms with van der Waals surface area (Å²) < 4.78 is 0. The smallest absolute Gasteiger partial charge is 0.0459 e. The van der Waals surface area contributed by atoms with E-state index in [9.17, 15) is 0 Å². The molecule has 0 aliphatic rings. The summed E-state index contributed by atoms with van der Waals surface area (Å²) in [6.07, 6.45) is 3.18. The van der Waals surface area contributed by atoms with Gasteiger partial charge in [0.15, 0.2) is 0 Å². The molecule has 0 aliphatic carbocycles. The third kappa shape index (κ3) is 9.92. The van der Waals surface area contributed by atoms with Gasteiger partial charge in [-0.15, -0.1) is 0 Å². The summed E-state index contributed by atoms with van der Waals surface area (Å²) in [6.45, 7) is 7.16. The lowest BCUT2D eigenvalue weighted by Crippen LogP contribution is -2.07. The molecule has 70 valence electrons. The minimum atomic E-state index is 0.316. The fourth-order valence-corrected chi connectivity index (χ4v) is 0.831. The third-order valence-electron chi connectivity index (χ3n) is 1.65. The Balaban J connectivity index is 0. The van der Waals surface area contributed by atoms with Crippen molar-refractivity contribution in [3.8, 4) is 0 Å². The Morgan fingerprint density at radius 2 is 1.91 bits per heavy atom. The van der Waals surface area contributed by atoms with Crippen molar-refractivity contribution in [3.63, 3.8) is 0 Å². The van der Waals surface area contributed by atoms with Crippen LogP contribution in [0.5, 0.6) is 0 Å². The van der Waals surface area contributed by atoms with Gasteiger partial charge in [0.05, 0.1) is 0 Å². The second-order valence-electron chi connectivity index (χ2n) is 2.39. The highest BCUT2D eigenvalue weighted by molar-refractivity contribution is 4.54. The summed E-state index contributed by atoms with van der Waals surface area (Å²) in [5.41, 5.74) is 5.30. The highest BCUT2D eigenvalue weighted by atomic mass is 16.3. The van der Waals surface area contributed by atoms with Crippen molar-refractivity contribution in [1.82, 2.24) is 0 Å². The Kier molecular flexibility index (Phi) is 15.4. The predicted molar refractivity (Wildman–Crippen MR) is 50.5 cm³/mol. The van der Waals surface area contributed by atoms with Crippen LogP contribution in [-0.4, -0.2) is 18.3 Å². The highest BCUT2D eigenvalue weighted by Gasteiger charge is 2.01. The summed E-state index contributed by atoms with van der Waals surface area (Å²) in [4.78, 5) is 0. The predicted octanol–water partition coefficient (Wildman–Crippen LogP) is 1.77. The average molecular weight is 161 g/mol. The molecule has 1 atom stereocenters. The topological polar surface area (TPSA) is 46.2 Å². The van der Waals surface area contributed by atoms with Crippen LogP contribution in [0.1, 0.15) is 40.0 Å². The van der Waals surface area contributed by atoms with Gasteiger partial charge in [0.1, 0.15) is 0 Å². The molecule has 0 heterocycles. The molecule has 2 heteroatoms. The SMILES string of the molecule is CC.CCC(CO)CCCN. The van der Waals surface area contributed by atoms with Crippen LogP contribution in [0.15, 0.2) is 0 Å². The molecular formula is C9H23NO. The van der Waals surface area contributed by atoms with Gasteiger partial charge in [-0.05, 0) is 25.3 Å². The quantitative estimate of drug-likeness (QED) is 0.645. The fraction of sp³-hybridized carbons (Fsp3) is 1.00. The molecule has 2 nitrogen and oxygen atoms in total. The van der Waals surface area contributed by atoms with Crippen LogP contribution in [0.2, 0.25) is 0 Å². The summed E-state index contributed by atoms with van der Waals surface area (Å²) in [7, 11) is 0. The van der Waals surface area contributed by atoms with E-state index in [1.54, 1.807) is 0 Å². The van der Waals surface area contributed by atoms with Gasteiger partial charge < -0.3 is 10.8 Å². The van der Waals surface area contributed by atoms with Crippen LogP contribution in [-0.2, 0) is 0 Å². The van der Waals surface area contributed by atoms with Crippen LogP contribution < -0.4 is 5.73 Å². The first-order valence-corrected chi connectivity index (χ1v) is 4.66. The average Bonchev–Trinajstić information content (AvgIpc) is 2.10. The van der Waals surface area contributed by atoms with Gasteiger partial charge in [0, 0.05) is 6.61 Å². The summed E-state index contributed by atoms with van der Waals surface area (Å²) in [5.74, 6) is 0.480. The Bertz CT molecular complexity index is 53.5. The van der Waals surface area contributed by atoms with Crippen molar-refractivity contribution < 1.29 is 5.11 Å². The maximum atomic E-state index is 8.71. The first-order chi connectivity index (χ1) is 5.35. The first kappa shape index (κ1) is 13.5. The van der Waals surface area contributed by atoms with Gasteiger partial charge in [-0.2, -0.15) is 0 Å². The fourth-order valence-electron chi connectivity index (χ4n) is 0.831. The lowest BCUT2D eigenvalue weighted by Gasteiger charge is -2.08. The lowest BCUT2D eigenvalue weighted by molar-refractivity contribution is 0.213. The molecule has 0 saturated heterocycles. The van der Waals surface area contributed by atoms with Gasteiger partial charge in [-0.1, -0.05) is 27.2 Å². The van der Waals surface area contributed by atoms with Gasteiger partial charge >= 0.3 is 0 Å². The summed E-state index contributed by atoms with van der Waals surface area (Å²) in [5, 5.41) is 8.71. The maximum Gasteiger partial charge on any atom is 0.0459 e. The number of nitrogens with two attached hydrogens (primary N) is 1. The third-order valence-corrected chi connectivity index (χ3v) is 1.65. The Hall–Kier alpha value is -0.0800. The van der Waals surface area contributed by atoms with Crippen molar-refractivity contribution in [1.29, 1.82) is 0 Å². The standard InChI is InChI=1S/C7H17NO.C2H6/c1-2-7(6-9)4-3-5-8;1-2/h7,9H,2-6,8H2,1H3;1-2H3. The molecular weight excluding hydrogens is 138 g/mol. The number of hydrogen-bond acceptors (Lipinski definition) is 2. The van der Waals surface area contributed by atoms with Crippen molar-refractivity contribution in [3.05, 3.63) is 0 Å². The zero-order chi connectivity index (χ0) is 9.11. The Morgan fingerprint density at radius 1 is 1.36 bits per heavy atom. The number of aliphatic hydroxyl groups excluding tert-OH is 1. The monoisotopic (exact) mass is 161 g/mol. The zero-order valence-electron chi connectivity index (χ0n) is 8.14. The number of hydrogen-bond donors (Lipinski definition) is 2. The second-order valence-corrected chi connectivity index (χ2v) is 2.39. The van der Waals surface area contributed by atoms with Gasteiger partial charge in [0.2, 0.25) is 0 Å². The van der Waals surface area contributed by atoms with E-state index in [2.05, 4.69) is 6.92 Å². The largest absolute Gasteiger partial charge is 0.396 e. The number of aliphatic hydroxyl groups is 1. The van der Waals surface area contributed by atoms with E-state index >= 15 is 0 Å². The molecule has 0 spiro atoms. The minimum Gasteiger partial charge on any atom is -0.396 e. The van der Waals surface area contributed by atoms with Crippen molar-refractivity contribution >= 4 is 0 Å². The molecule has 11 heavy (non-hydrogen) atoms. The molecule has 0 radical (unpaired) electrons. The molecule has 0 bridgehead atoms. The van der Waals surface area contributed by atoms with Crippen molar-refractivity contribution in [2.24, 2.45) is 11.7 Å². The molecule has 3 N–H and O–H groups in total. The van der Waals surface area contributed by atoms with E-state index in [1.807, 2.05) is 13.8 Å². The maximum absolute atomic E-state index is 8.71. The Labute approximate surface area is 70.8 Å². The first-order valence-electron chi connectivity index (χ1n) is 4.66. The van der Waals surface area contributed by atoms with Crippen LogP contribution in [0.3, 0.4) is 0 Å². The lowest BCUT2D eigenvalue weighted by atomic mass is 10.0. The molecule has 0 amide bonds. The molecule has 0 aromatic carbocycles. The van der Waals surface area contributed by atoms with Crippen LogP contribution in [0.4, 0.5) is 0 Å². The molecule has 0 saturated carbocycles. The zero-order valence-corrected chi connectivity index (χ0v) is 8.14. The highest BCUT2D eigenvalue weighted by Crippen LogP contribution is 2.07.